The molecule has 0 aromatic carbocycles. The summed E-state index contributed by atoms with van der Waals surface area (Å²) in [5, 5.41) is 0. The molecular formula is C12H19N3. The molecule has 1 aliphatic rings. The molecular weight excluding hydrogens is 186 g/mol. The summed E-state index contributed by atoms with van der Waals surface area (Å²) in [6.45, 7) is 7.72. The van der Waals surface area contributed by atoms with Crippen LogP contribution in [-0.4, -0.2) is 34.5 Å². The number of aromatic nitrogens is 2. The Bertz CT molecular complexity index is 336. The average molecular weight is 205 g/mol. The van der Waals surface area contributed by atoms with E-state index in [0.29, 0.717) is 0 Å². The Morgan fingerprint density at radius 3 is 2.93 bits per heavy atom. The van der Waals surface area contributed by atoms with Crippen LogP contribution >= 0.6 is 0 Å². The fourth-order valence-corrected chi connectivity index (χ4v) is 2.12. The molecule has 0 saturated carbocycles. The Morgan fingerprint density at radius 1 is 1.27 bits per heavy atom. The molecule has 0 aliphatic carbocycles. The quantitative estimate of drug-likeness (QED) is 0.697. The van der Waals surface area contributed by atoms with Crippen molar-refractivity contribution in [1.29, 1.82) is 0 Å². The molecule has 3 heteroatoms. The second-order valence-electron chi connectivity index (χ2n) is 4.19. The fourth-order valence-electron chi connectivity index (χ4n) is 2.12. The zero-order chi connectivity index (χ0) is 10.7. The molecule has 0 amide bonds. The summed E-state index contributed by atoms with van der Waals surface area (Å²) in [6.07, 6.45) is 5.23. The van der Waals surface area contributed by atoms with E-state index in [2.05, 4.69) is 21.8 Å². The number of rotatable bonds is 1. The van der Waals surface area contributed by atoms with Gasteiger partial charge in [-0.05, 0) is 32.9 Å². The molecule has 0 bridgehead atoms. The lowest BCUT2D eigenvalue weighted by atomic mass is 10.1. The summed E-state index contributed by atoms with van der Waals surface area (Å²) >= 11 is 0. The topological polar surface area (TPSA) is 29.0 Å². The predicted octanol–water partition coefficient (Wildman–Crippen LogP) is 1.60. The third-order valence-corrected chi connectivity index (χ3v) is 3.05. The standard InChI is InChI=1S/C12H19N3/c1-3-15-7-4-5-11-12(6-8-15)14-10(2)9-13-11/h9H,3-8H2,1-2H3. The highest BCUT2D eigenvalue weighted by atomic mass is 15.1. The monoisotopic (exact) mass is 205 g/mol. The summed E-state index contributed by atoms with van der Waals surface area (Å²) in [7, 11) is 0. The number of nitrogens with zero attached hydrogens (tertiary/aromatic N) is 3. The highest BCUT2D eigenvalue weighted by Gasteiger charge is 2.12. The van der Waals surface area contributed by atoms with Crippen molar-refractivity contribution in [3.8, 4) is 0 Å². The Kier molecular flexibility index (Phi) is 3.31. The van der Waals surface area contributed by atoms with Crippen LogP contribution in [0.5, 0.6) is 0 Å². The second-order valence-corrected chi connectivity index (χ2v) is 4.19. The SMILES string of the molecule is CCN1CCCc2ncc(C)nc2CC1. The number of hydrogen-bond donors (Lipinski definition) is 0. The van der Waals surface area contributed by atoms with Gasteiger partial charge in [0.1, 0.15) is 0 Å². The van der Waals surface area contributed by atoms with Crippen LogP contribution in [0.15, 0.2) is 6.20 Å². The van der Waals surface area contributed by atoms with E-state index >= 15 is 0 Å². The zero-order valence-corrected chi connectivity index (χ0v) is 9.66. The molecule has 1 aliphatic heterocycles. The minimum absolute atomic E-state index is 1.04. The molecule has 0 saturated heterocycles. The second kappa shape index (κ2) is 4.71. The maximum absolute atomic E-state index is 4.59. The van der Waals surface area contributed by atoms with Crippen LogP contribution in [0.25, 0.3) is 0 Å². The zero-order valence-electron chi connectivity index (χ0n) is 9.66. The summed E-state index contributed by atoms with van der Waals surface area (Å²) in [4.78, 5) is 11.6. The number of aryl methyl sites for hydroxylation is 2. The normalized spacial score (nSPS) is 18.0. The molecule has 2 rings (SSSR count). The first-order valence-corrected chi connectivity index (χ1v) is 5.83. The number of fused-ring (bicyclic) bond motifs is 1. The number of hydrogen-bond acceptors (Lipinski definition) is 3. The van der Waals surface area contributed by atoms with Gasteiger partial charge in [0, 0.05) is 19.2 Å². The van der Waals surface area contributed by atoms with E-state index in [1.807, 2.05) is 13.1 Å². The van der Waals surface area contributed by atoms with E-state index in [9.17, 15) is 0 Å². The minimum atomic E-state index is 1.04. The van der Waals surface area contributed by atoms with E-state index in [1.165, 1.54) is 24.4 Å². The molecule has 0 spiro atoms. The molecule has 0 unspecified atom stereocenters. The van der Waals surface area contributed by atoms with E-state index in [-0.39, 0.29) is 0 Å². The van der Waals surface area contributed by atoms with Crippen LogP contribution in [-0.2, 0) is 12.8 Å². The van der Waals surface area contributed by atoms with Gasteiger partial charge in [0.05, 0.1) is 17.1 Å². The third-order valence-electron chi connectivity index (χ3n) is 3.05. The van der Waals surface area contributed by atoms with Crippen LogP contribution in [0.1, 0.15) is 30.4 Å². The van der Waals surface area contributed by atoms with E-state index in [1.54, 1.807) is 0 Å². The molecule has 3 nitrogen and oxygen atoms in total. The van der Waals surface area contributed by atoms with Crippen molar-refractivity contribution in [3.63, 3.8) is 0 Å². The van der Waals surface area contributed by atoms with Gasteiger partial charge in [0.15, 0.2) is 0 Å². The molecule has 82 valence electrons. The first-order valence-electron chi connectivity index (χ1n) is 5.83. The Morgan fingerprint density at radius 2 is 2.13 bits per heavy atom. The van der Waals surface area contributed by atoms with Crippen molar-refractivity contribution >= 4 is 0 Å². The van der Waals surface area contributed by atoms with Crippen LogP contribution in [0.2, 0.25) is 0 Å². The largest absolute Gasteiger partial charge is 0.303 e. The molecule has 1 aromatic heterocycles. The lowest BCUT2D eigenvalue weighted by Gasteiger charge is -2.23. The van der Waals surface area contributed by atoms with E-state index < -0.39 is 0 Å². The Balaban J connectivity index is 2.18. The van der Waals surface area contributed by atoms with Gasteiger partial charge >= 0.3 is 0 Å². The fraction of sp³-hybridized carbons (Fsp3) is 0.667. The maximum Gasteiger partial charge on any atom is 0.0634 e. The van der Waals surface area contributed by atoms with Crippen molar-refractivity contribution < 1.29 is 0 Å². The number of likely N-dealkylation sites (N-methyl/N-ethyl adjacent to an activating group) is 1. The van der Waals surface area contributed by atoms with Gasteiger partial charge in [-0.15, -0.1) is 0 Å². The molecule has 1 aromatic rings. The van der Waals surface area contributed by atoms with E-state index in [4.69, 9.17) is 0 Å². The molecule has 15 heavy (non-hydrogen) atoms. The Hall–Kier alpha value is -0.960. The highest BCUT2D eigenvalue weighted by Crippen LogP contribution is 2.12. The van der Waals surface area contributed by atoms with Crippen molar-refractivity contribution in [1.82, 2.24) is 14.9 Å². The molecule has 0 atom stereocenters. The van der Waals surface area contributed by atoms with Crippen LogP contribution in [0.3, 0.4) is 0 Å². The van der Waals surface area contributed by atoms with Crippen LogP contribution in [0, 0.1) is 6.92 Å². The van der Waals surface area contributed by atoms with Crippen molar-refractivity contribution in [2.75, 3.05) is 19.6 Å². The summed E-state index contributed by atoms with van der Waals surface area (Å²) in [5.41, 5.74) is 3.47. The summed E-state index contributed by atoms with van der Waals surface area (Å²) in [6, 6.07) is 0. The van der Waals surface area contributed by atoms with Crippen molar-refractivity contribution in [2.45, 2.75) is 33.1 Å². The first kappa shape index (κ1) is 10.6. The molecule has 0 radical (unpaired) electrons. The maximum atomic E-state index is 4.59. The minimum Gasteiger partial charge on any atom is -0.303 e. The highest BCUT2D eigenvalue weighted by molar-refractivity contribution is 5.15. The van der Waals surface area contributed by atoms with Gasteiger partial charge in [0.2, 0.25) is 0 Å². The van der Waals surface area contributed by atoms with Gasteiger partial charge in [-0.3, -0.25) is 9.97 Å². The lowest BCUT2D eigenvalue weighted by Crippen LogP contribution is -2.29. The predicted molar refractivity (Wildman–Crippen MR) is 60.9 cm³/mol. The average Bonchev–Trinajstić information content (AvgIpc) is 2.21. The van der Waals surface area contributed by atoms with Crippen LogP contribution < -0.4 is 0 Å². The molecule has 0 fully saturated rings. The summed E-state index contributed by atoms with van der Waals surface area (Å²) in [5.74, 6) is 0. The van der Waals surface area contributed by atoms with Gasteiger partial charge in [-0.25, -0.2) is 0 Å². The van der Waals surface area contributed by atoms with Crippen molar-refractivity contribution in [2.24, 2.45) is 0 Å². The van der Waals surface area contributed by atoms with Gasteiger partial charge in [0.25, 0.3) is 0 Å². The Labute approximate surface area is 91.5 Å². The van der Waals surface area contributed by atoms with Gasteiger partial charge in [-0.2, -0.15) is 0 Å². The summed E-state index contributed by atoms with van der Waals surface area (Å²) < 4.78 is 0. The van der Waals surface area contributed by atoms with Crippen molar-refractivity contribution in [3.05, 3.63) is 23.3 Å². The lowest BCUT2D eigenvalue weighted by molar-refractivity contribution is 0.281. The van der Waals surface area contributed by atoms with Gasteiger partial charge < -0.3 is 4.90 Å². The van der Waals surface area contributed by atoms with Crippen LogP contribution in [0.4, 0.5) is 0 Å². The first-order chi connectivity index (χ1) is 7.29. The van der Waals surface area contributed by atoms with Gasteiger partial charge in [-0.1, -0.05) is 6.92 Å². The molecule has 2 heterocycles. The smallest absolute Gasteiger partial charge is 0.0634 e. The van der Waals surface area contributed by atoms with E-state index in [0.717, 1.165) is 31.6 Å². The molecule has 0 N–H and O–H groups in total. The third kappa shape index (κ3) is 2.53.